The zero-order valence-corrected chi connectivity index (χ0v) is 32.1. The first-order valence-corrected chi connectivity index (χ1v) is 20.0. The Bertz CT molecular complexity index is 1200. The predicted molar refractivity (Wildman–Crippen MR) is 201 cm³/mol. The number of unbranched alkanes of at least 4 members (excludes halogenated alkanes) is 13. The Hall–Kier alpha value is -3.10. The highest BCUT2D eigenvalue weighted by atomic mass is 16.6. The van der Waals surface area contributed by atoms with Gasteiger partial charge in [-0.15, -0.1) is 0 Å². The maximum atomic E-state index is 14.0. The number of benzene rings is 1. The lowest BCUT2D eigenvalue weighted by Crippen LogP contribution is -2.78. The molecule has 6 atom stereocenters. The van der Waals surface area contributed by atoms with Gasteiger partial charge in [0.15, 0.2) is 6.23 Å². The summed E-state index contributed by atoms with van der Waals surface area (Å²) in [5.41, 5.74) is -2.06. The van der Waals surface area contributed by atoms with Crippen molar-refractivity contribution in [2.45, 2.75) is 179 Å². The van der Waals surface area contributed by atoms with Gasteiger partial charge in [0.1, 0.15) is 24.4 Å². The lowest BCUT2D eigenvalue weighted by molar-refractivity contribution is -0.312. The average molecular weight is 750 g/mol. The smallest absolute Gasteiger partial charge is 0.303 e. The third-order valence-electron chi connectivity index (χ3n) is 9.92. The molecule has 1 heterocycles. The Balaban J connectivity index is 2.34. The topological polar surface area (TPSA) is 206 Å². The maximum absolute atomic E-state index is 14.0. The van der Waals surface area contributed by atoms with Crippen LogP contribution in [0, 0.1) is 0 Å². The molecule has 0 bridgehead atoms. The van der Waals surface area contributed by atoms with Crippen LogP contribution in [-0.2, 0) is 30.3 Å². The number of hydrogen-bond donors (Lipinski definition) is 7. The average Bonchev–Trinajstić information content (AvgIpc) is 3.13. The van der Waals surface area contributed by atoms with Crippen LogP contribution in [0.1, 0.15) is 141 Å². The number of nitrogens with zero attached hydrogens (tertiary/aromatic N) is 1. The van der Waals surface area contributed by atoms with Crippen molar-refractivity contribution in [2.75, 3.05) is 13.2 Å². The molecule has 0 saturated carbocycles. The van der Waals surface area contributed by atoms with Crippen LogP contribution < -0.4 is 10.6 Å². The number of ether oxygens (including phenoxy) is 1. The molecule has 7 N–H and O–H groups in total. The molecule has 3 amide bonds. The molecule has 1 aliphatic heterocycles. The molecular weight excluding hydrogens is 682 g/mol. The minimum Gasteiger partial charge on any atom is -0.481 e. The van der Waals surface area contributed by atoms with E-state index in [0.717, 1.165) is 57.8 Å². The van der Waals surface area contributed by atoms with E-state index in [0.29, 0.717) is 18.4 Å². The lowest BCUT2D eigenvalue weighted by atomic mass is 9.90. The third kappa shape index (κ3) is 16.4. The molecule has 13 heteroatoms. The van der Waals surface area contributed by atoms with Gasteiger partial charge in [-0.25, -0.2) is 0 Å². The van der Waals surface area contributed by atoms with Crippen LogP contribution in [0.3, 0.4) is 0 Å². The van der Waals surface area contributed by atoms with Crippen molar-refractivity contribution in [1.82, 2.24) is 15.5 Å². The summed E-state index contributed by atoms with van der Waals surface area (Å²) in [7, 11) is 0. The van der Waals surface area contributed by atoms with Gasteiger partial charge in [0.25, 0.3) is 0 Å². The first-order valence-electron chi connectivity index (χ1n) is 20.0. The Morgan fingerprint density at radius 3 is 1.92 bits per heavy atom. The molecule has 1 saturated heterocycles. The van der Waals surface area contributed by atoms with Gasteiger partial charge in [-0.1, -0.05) is 128 Å². The van der Waals surface area contributed by atoms with Crippen LogP contribution in [0.2, 0.25) is 0 Å². The second-order valence-electron chi connectivity index (χ2n) is 14.4. The van der Waals surface area contributed by atoms with Crippen molar-refractivity contribution in [2.24, 2.45) is 0 Å². The highest BCUT2D eigenvalue weighted by Gasteiger charge is 2.58. The van der Waals surface area contributed by atoms with Gasteiger partial charge in [-0.05, 0) is 24.8 Å². The summed E-state index contributed by atoms with van der Waals surface area (Å²) in [6, 6.07) is 7.50. The van der Waals surface area contributed by atoms with E-state index in [4.69, 9.17) is 9.84 Å². The summed E-state index contributed by atoms with van der Waals surface area (Å²) >= 11 is 0. The van der Waals surface area contributed by atoms with Crippen molar-refractivity contribution in [3.8, 4) is 0 Å². The first kappa shape index (κ1) is 46.1. The highest BCUT2D eigenvalue weighted by molar-refractivity contribution is 5.88. The van der Waals surface area contributed by atoms with Gasteiger partial charge in [0.2, 0.25) is 23.4 Å². The van der Waals surface area contributed by atoms with Crippen molar-refractivity contribution < 1.29 is 49.4 Å². The largest absolute Gasteiger partial charge is 0.481 e. The van der Waals surface area contributed by atoms with E-state index in [-0.39, 0.29) is 44.6 Å². The number of aliphatic carboxylic acids is 1. The van der Waals surface area contributed by atoms with Gasteiger partial charge >= 0.3 is 5.97 Å². The molecule has 53 heavy (non-hydrogen) atoms. The van der Waals surface area contributed by atoms with Crippen molar-refractivity contribution >= 4 is 23.7 Å². The van der Waals surface area contributed by atoms with Crippen molar-refractivity contribution in [1.29, 1.82) is 0 Å². The van der Waals surface area contributed by atoms with Crippen LogP contribution in [0.4, 0.5) is 0 Å². The standard InChI is InChI=1S/C40H67N3O10/c1-3-5-7-9-11-12-13-14-19-25-34(46)43(27-20-15-10-8-6-4-2)39-40(52,37(50)36(49)32(29-44)53-39)42-38(51)31(28-30-22-17-16-18-23-30)41-33(45)24-21-26-35(47)48/h16-18,22-23,31-32,36-37,39,44,49-50,52H,3-15,19-21,24-29H2,1-2H3,(H,41,45)(H,42,51)(H,47,48)/t31-,32+,36+,37-,39+,40+/m0/s1. The van der Waals surface area contributed by atoms with E-state index in [9.17, 15) is 39.6 Å². The minimum atomic E-state index is -2.73. The van der Waals surface area contributed by atoms with E-state index in [1.165, 1.54) is 30.6 Å². The summed E-state index contributed by atoms with van der Waals surface area (Å²) in [4.78, 5) is 53.1. The molecule has 0 aliphatic carbocycles. The Labute approximate surface area is 315 Å². The number of hydrogen-bond acceptors (Lipinski definition) is 9. The molecule has 1 fully saturated rings. The van der Waals surface area contributed by atoms with Gasteiger partial charge in [0, 0.05) is 32.2 Å². The summed E-state index contributed by atoms with van der Waals surface area (Å²) < 4.78 is 6.00. The zero-order valence-electron chi connectivity index (χ0n) is 32.1. The van der Waals surface area contributed by atoms with E-state index < -0.39 is 60.7 Å². The SMILES string of the molecule is CCCCCCCCCCCC(=O)N(CCCCCCCC)[C@@H]1O[C@H](CO)[C@@H](O)[C@H](O)[C@]1(O)NC(=O)[C@H](Cc1ccccc1)NC(=O)CCCC(=O)O. The predicted octanol–water partition coefficient (Wildman–Crippen LogP) is 4.32. The number of carbonyl (C=O) groups excluding carboxylic acids is 3. The highest BCUT2D eigenvalue weighted by Crippen LogP contribution is 2.32. The molecule has 13 nitrogen and oxygen atoms in total. The van der Waals surface area contributed by atoms with Crippen LogP contribution in [0.25, 0.3) is 0 Å². The molecule has 1 aromatic carbocycles. The fraction of sp³-hybridized carbons (Fsp3) is 0.750. The number of rotatable bonds is 28. The summed E-state index contributed by atoms with van der Waals surface area (Å²) in [5, 5.41) is 58.6. The number of nitrogens with one attached hydrogen (secondary N) is 2. The molecule has 2 rings (SSSR count). The fourth-order valence-corrected chi connectivity index (χ4v) is 6.73. The van der Waals surface area contributed by atoms with E-state index in [2.05, 4.69) is 24.5 Å². The number of aliphatic hydroxyl groups is 4. The second-order valence-corrected chi connectivity index (χ2v) is 14.4. The Morgan fingerprint density at radius 2 is 1.36 bits per heavy atom. The Morgan fingerprint density at radius 1 is 0.792 bits per heavy atom. The van der Waals surface area contributed by atoms with Gasteiger partial charge in [-0.3, -0.25) is 19.2 Å². The zero-order chi connectivity index (χ0) is 39.1. The normalized spacial score (nSPS) is 21.8. The molecule has 0 spiro atoms. The third-order valence-corrected chi connectivity index (χ3v) is 9.92. The number of amides is 3. The summed E-state index contributed by atoms with van der Waals surface area (Å²) in [6.07, 6.45) is 7.79. The van der Waals surface area contributed by atoms with Crippen LogP contribution >= 0.6 is 0 Å². The van der Waals surface area contributed by atoms with Crippen molar-refractivity contribution in [3.63, 3.8) is 0 Å². The molecule has 1 aromatic rings. The molecule has 302 valence electrons. The fourth-order valence-electron chi connectivity index (χ4n) is 6.73. The molecule has 1 aliphatic rings. The maximum Gasteiger partial charge on any atom is 0.303 e. The molecular formula is C40H67N3O10. The van der Waals surface area contributed by atoms with Gasteiger partial charge < -0.3 is 45.8 Å². The van der Waals surface area contributed by atoms with Crippen LogP contribution in [0.5, 0.6) is 0 Å². The van der Waals surface area contributed by atoms with Crippen LogP contribution in [-0.4, -0.2) is 104 Å². The molecule has 0 unspecified atom stereocenters. The second kappa shape index (κ2) is 25.8. The first-order chi connectivity index (χ1) is 25.5. The lowest BCUT2D eigenvalue weighted by Gasteiger charge is -2.51. The molecule has 0 radical (unpaired) electrons. The number of aliphatic hydroxyl groups excluding tert-OH is 3. The number of carboxylic acids is 1. The van der Waals surface area contributed by atoms with Gasteiger partial charge in [-0.2, -0.15) is 0 Å². The Kier molecular flexibility index (Phi) is 22.4. The minimum absolute atomic E-state index is 0.0180. The van der Waals surface area contributed by atoms with E-state index in [1.54, 1.807) is 30.3 Å². The number of carbonyl (C=O) groups is 4. The summed E-state index contributed by atoms with van der Waals surface area (Å²) in [6.45, 7) is 3.72. The summed E-state index contributed by atoms with van der Waals surface area (Å²) in [5.74, 6) is -2.93. The monoisotopic (exact) mass is 749 g/mol. The quantitative estimate of drug-likeness (QED) is 0.0477. The van der Waals surface area contributed by atoms with Crippen LogP contribution in [0.15, 0.2) is 30.3 Å². The van der Waals surface area contributed by atoms with E-state index in [1.807, 2.05) is 0 Å². The van der Waals surface area contributed by atoms with E-state index >= 15 is 0 Å². The van der Waals surface area contributed by atoms with Crippen molar-refractivity contribution in [3.05, 3.63) is 35.9 Å². The van der Waals surface area contributed by atoms with Gasteiger partial charge in [0.05, 0.1) is 6.61 Å². The molecule has 0 aromatic heterocycles. The number of carboxylic acid groups (broad SMARTS) is 1.